The zero-order chi connectivity index (χ0) is 15.5. The SMILES string of the molecule is C=CCCc1cc(O)c(C(c2ccccc2)C2CC2)c(=O)o1. The normalized spacial score (nSPS) is 15.5. The van der Waals surface area contributed by atoms with Crippen LogP contribution in [0.5, 0.6) is 5.75 Å². The van der Waals surface area contributed by atoms with Gasteiger partial charge in [0.15, 0.2) is 0 Å². The van der Waals surface area contributed by atoms with Crippen molar-refractivity contribution in [3.05, 3.63) is 76.4 Å². The molecule has 22 heavy (non-hydrogen) atoms. The van der Waals surface area contributed by atoms with E-state index in [1.165, 1.54) is 0 Å². The van der Waals surface area contributed by atoms with Gasteiger partial charge < -0.3 is 9.52 Å². The molecule has 3 nitrogen and oxygen atoms in total. The first kappa shape index (κ1) is 14.6. The molecule has 1 atom stereocenters. The lowest BCUT2D eigenvalue weighted by Crippen LogP contribution is -2.16. The molecule has 1 aromatic heterocycles. The number of aromatic hydroxyl groups is 1. The molecular weight excluding hydrogens is 276 g/mol. The third kappa shape index (κ3) is 2.98. The average molecular weight is 296 g/mol. The van der Waals surface area contributed by atoms with Crippen LogP contribution in [0.15, 0.2) is 58.3 Å². The summed E-state index contributed by atoms with van der Waals surface area (Å²) >= 11 is 0. The van der Waals surface area contributed by atoms with Gasteiger partial charge in [0.2, 0.25) is 0 Å². The Hall–Kier alpha value is -2.29. The van der Waals surface area contributed by atoms with Gasteiger partial charge in [0, 0.05) is 18.4 Å². The Balaban J connectivity index is 2.02. The summed E-state index contributed by atoms with van der Waals surface area (Å²) in [6.07, 6.45) is 5.22. The topological polar surface area (TPSA) is 50.4 Å². The molecule has 1 unspecified atom stereocenters. The Labute approximate surface area is 129 Å². The van der Waals surface area contributed by atoms with Crippen molar-refractivity contribution in [2.75, 3.05) is 0 Å². The Morgan fingerprint density at radius 3 is 2.64 bits per heavy atom. The molecule has 1 aliphatic rings. The maximum atomic E-state index is 12.4. The highest BCUT2D eigenvalue weighted by atomic mass is 16.4. The van der Waals surface area contributed by atoms with E-state index in [0.717, 1.165) is 18.4 Å². The van der Waals surface area contributed by atoms with Crippen molar-refractivity contribution in [1.82, 2.24) is 0 Å². The van der Waals surface area contributed by atoms with Crippen LogP contribution in [0.1, 0.15) is 42.1 Å². The number of allylic oxidation sites excluding steroid dienone is 1. The highest BCUT2D eigenvalue weighted by Crippen LogP contribution is 2.47. The summed E-state index contributed by atoms with van der Waals surface area (Å²) in [5.41, 5.74) is 1.04. The van der Waals surface area contributed by atoms with E-state index >= 15 is 0 Å². The fourth-order valence-electron chi connectivity index (χ4n) is 2.96. The summed E-state index contributed by atoms with van der Waals surface area (Å²) < 4.78 is 5.41. The number of aryl methyl sites for hydroxylation is 1. The zero-order valence-corrected chi connectivity index (χ0v) is 12.5. The van der Waals surface area contributed by atoms with Gasteiger partial charge in [-0.25, -0.2) is 4.79 Å². The van der Waals surface area contributed by atoms with Crippen LogP contribution >= 0.6 is 0 Å². The minimum Gasteiger partial charge on any atom is -0.507 e. The lowest BCUT2D eigenvalue weighted by atomic mass is 9.87. The largest absolute Gasteiger partial charge is 0.507 e. The molecule has 0 spiro atoms. The maximum absolute atomic E-state index is 12.4. The van der Waals surface area contributed by atoms with Gasteiger partial charge in [0.25, 0.3) is 0 Å². The van der Waals surface area contributed by atoms with Crippen LogP contribution in [0.25, 0.3) is 0 Å². The predicted octanol–water partition coefficient (Wildman–Crippen LogP) is 4.01. The zero-order valence-electron chi connectivity index (χ0n) is 12.5. The standard InChI is InChI=1S/C19H20O3/c1-2-3-9-15-12-16(20)18(19(21)22-15)17(14-10-11-14)13-7-5-4-6-8-13/h2,4-8,12,14,17,20H,1,3,9-11H2. The predicted molar refractivity (Wildman–Crippen MR) is 86.2 cm³/mol. The Kier molecular flexibility index (Phi) is 4.14. The smallest absolute Gasteiger partial charge is 0.343 e. The van der Waals surface area contributed by atoms with E-state index < -0.39 is 5.63 Å². The Bertz CT molecular complexity index is 711. The van der Waals surface area contributed by atoms with Crippen LogP contribution in [0.2, 0.25) is 0 Å². The molecule has 1 N–H and O–H groups in total. The molecule has 1 aromatic carbocycles. The van der Waals surface area contributed by atoms with Crippen LogP contribution in [-0.2, 0) is 6.42 Å². The fraction of sp³-hybridized carbons (Fsp3) is 0.316. The van der Waals surface area contributed by atoms with E-state index in [2.05, 4.69) is 6.58 Å². The molecule has 1 fully saturated rings. The van der Waals surface area contributed by atoms with Gasteiger partial charge in [-0.15, -0.1) is 6.58 Å². The molecule has 1 saturated carbocycles. The van der Waals surface area contributed by atoms with Crippen LogP contribution in [0.4, 0.5) is 0 Å². The molecule has 3 rings (SSSR count). The van der Waals surface area contributed by atoms with E-state index in [-0.39, 0.29) is 11.7 Å². The summed E-state index contributed by atoms with van der Waals surface area (Å²) in [5, 5.41) is 10.4. The third-order valence-corrected chi connectivity index (χ3v) is 4.18. The maximum Gasteiger partial charge on any atom is 0.343 e. The first-order chi connectivity index (χ1) is 10.7. The molecular formula is C19H20O3. The van der Waals surface area contributed by atoms with Crippen LogP contribution in [0.3, 0.4) is 0 Å². The minimum atomic E-state index is -0.417. The second kappa shape index (κ2) is 6.22. The summed E-state index contributed by atoms with van der Waals surface area (Å²) in [5.74, 6) is 0.894. The summed E-state index contributed by atoms with van der Waals surface area (Å²) in [6.45, 7) is 3.66. The summed E-state index contributed by atoms with van der Waals surface area (Å²) in [4.78, 5) is 12.4. The van der Waals surface area contributed by atoms with Crippen LogP contribution < -0.4 is 5.63 Å². The number of hydrogen-bond acceptors (Lipinski definition) is 3. The van der Waals surface area contributed by atoms with E-state index in [0.29, 0.717) is 30.1 Å². The number of rotatable bonds is 6. The molecule has 0 radical (unpaired) electrons. The summed E-state index contributed by atoms with van der Waals surface area (Å²) in [6, 6.07) is 11.5. The molecule has 0 aliphatic heterocycles. The van der Waals surface area contributed by atoms with Crippen molar-refractivity contribution in [2.45, 2.75) is 31.6 Å². The fourth-order valence-corrected chi connectivity index (χ4v) is 2.96. The third-order valence-electron chi connectivity index (χ3n) is 4.18. The number of hydrogen-bond donors (Lipinski definition) is 1. The van der Waals surface area contributed by atoms with E-state index in [4.69, 9.17) is 4.42 Å². The van der Waals surface area contributed by atoms with Gasteiger partial charge in [0.05, 0.1) is 5.56 Å². The average Bonchev–Trinajstić information content (AvgIpc) is 3.34. The van der Waals surface area contributed by atoms with Crippen molar-refractivity contribution in [3.63, 3.8) is 0 Å². The Morgan fingerprint density at radius 1 is 1.32 bits per heavy atom. The van der Waals surface area contributed by atoms with Crippen LogP contribution in [-0.4, -0.2) is 5.11 Å². The second-order valence-corrected chi connectivity index (χ2v) is 5.85. The highest BCUT2D eigenvalue weighted by molar-refractivity contribution is 5.41. The van der Waals surface area contributed by atoms with Gasteiger partial charge >= 0.3 is 5.63 Å². The summed E-state index contributed by atoms with van der Waals surface area (Å²) in [7, 11) is 0. The molecule has 2 aromatic rings. The van der Waals surface area contributed by atoms with Gasteiger partial charge in [-0.3, -0.25) is 0 Å². The molecule has 0 saturated heterocycles. The first-order valence-corrected chi connectivity index (χ1v) is 7.72. The van der Waals surface area contributed by atoms with Gasteiger partial charge in [-0.1, -0.05) is 36.4 Å². The lowest BCUT2D eigenvalue weighted by Gasteiger charge is -2.17. The molecule has 3 heteroatoms. The molecule has 1 aliphatic carbocycles. The highest BCUT2D eigenvalue weighted by Gasteiger charge is 2.37. The van der Waals surface area contributed by atoms with Gasteiger partial charge in [-0.2, -0.15) is 0 Å². The quantitative estimate of drug-likeness (QED) is 0.819. The van der Waals surface area contributed by atoms with Crippen molar-refractivity contribution < 1.29 is 9.52 Å². The molecule has 1 heterocycles. The van der Waals surface area contributed by atoms with E-state index in [1.807, 2.05) is 30.3 Å². The van der Waals surface area contributed by atoms with Crippen LogP contribution in [0, 0.1) is 5.92 Å². The van der Waals surface area contributed by atoms with Crippen molar-refractivity contribution in [1.29, 1.82) is 0 Å². The van der Waals surface area contributed by atoms with Gasteiger partial charge in [0.1, 0.15) is 11.5 Å². The molecule has 0 bridgehead atoms. The monoisotopic (exact) mass is 296 g/mol. The van der Waals surface area contributed by atoms with Crippen molar-refractivity contribution in [3.8, 4) is 5.75 Å². The minimum absolute atomic E-state index is 0.0519. The Morgan fingerprint density at radius 2 is 2.05 bits per heavy atom. The van der Waals surface area contributed by atoms with Crippen molar-refractivity contribution >= 4 is 0 Å². The van der Waals surface area contributed by atoms with Crippen molar-refractivity contribution in [2.24, 2.45) is 5.92 Å². The lowest BCUT2D eigenvalue weighted by molar-refractivity contribution is 0.404. The number of benzene rings is 1. The van der Waals surface area contributed by atoms with E-state index in [9.17, 15) is 9.90 Å². The molecule has 0 amide bonds. The van der Waals surface area contributed by atoms with E-state index in [1.54, 1.807) is 12.1 Å². The first-order valence-electron chi connectivity index (χ1n) is 7.72. The second-order valence-electron chi connectivity index (χ2n) is 5.85. The van der Waals surface area contributed by atoms with Gasteiger partial charge in [-0.05, 0) is 30.7 Å². The molecule has 114 valence electrons.